The van der Waals surface area contributed by atoms with Gasteiger partial charge < -0.3 is 9.47 Å². The van der Waals surface area contributed by atoms with Gasteiger partial charge in [-0.05, 0) is 42.5 Å². The molecule has 0 radical (unpaired) electrons. The second-order valence-electron chi connectivity index (χ2n) is 5.47. The molecule has 128 valence electrons. The third-order valence-electron chi connectivity index (χ3n) is 3.76. The minimum atomic E-state index is -0.361. The van der Waals surface area contributed by atoms with Crippen molar-refractivity contribution in [3.8, 4) is 11.5 Å². The second kappa shape index (κ2) is 7.03. The fraction of sp³-hybridized carbons (Fsp3) is 0.158. The molecule has 1 saturated heterocycles. The van der Waals surface area contributed by atoms with Gasteiger partial charge in [0.15, 0.2) is 0 Å². The highest BCUT2D eigenvalue weighted by molar-refractivity contribution is 8.19. The number of imide groups is 1. The van der Waals surface area contributed by atoms with Gasteiger partial charge in [0, 0.05) is 6.07 Å². The molecule has 25 heavy (non-hydrogen) atoms. The molecule has 0 saturated carbocycles. The maximum absolute atomic E-state index is 12.8. The van der Waals surface area contributed by atoms with Crippen molar-refractivity contribution in [2.24, 2.45) is 0 Å². The van der Waals surface area contributed by atoms with Crippen molar-refractivity contribution < 1.29 is 19.1 Å². The van der Waals surface area contributed by atoms with E-state index in [1.807, 2.05) is 31.2 Å². The van der Waals surface area contributed by atoms with Crippen molar-refractivity contribution in [3.05, 3.63) is 58.5 Å². The van der Waals surface area contributed by atoms with Crippen LogP contribution in [-0.2, 0) is 4.79 Å². The van der Waals surface area contributed by atoms with E-state index in [1.54, 1.807) is 31.4 Å². The van der Waals surface area contributed by atoms with Crippen molar-refractivity contribution in [3.63, 3.8) is 0 Å². The topological polar surface area (TPSA) is 55.8 Å². The first-order valence-electron chi connectivity index (χ1n) is 7.60. The SMILES string of the molecule is COc1ccc(N2C(=O)S/C(=C\c3cccc(C)c3)C2=O)c(OC)c1. The molecule has 2 aromatic carbocycles. The van der Waals surface area contributed by atoms with Gasteiger partial charge in [-0.2, -0.15) is 0 Å². The number of thioether (sulfide) groups is 1. The number of carbonyl (C=O) groups excluding carboxylic acids is 2. The zero-order valence-corrected chi connectivity index (χ0v) is 14.9. The fourth-order valence-corrected chi connectivity index (χ4v) is 3.39. The van der Waals surface area contributed by atoms with Crippen molar-refractivity contribution >= 4 is 34.7 Å². The Morgan fingerprint density at radius 1 is 1.04 bits per heavy atom. The predicted octanol–water partition coefficient (Wildman–Crippen LogP) is 4.25. The van der Waals surface area contributed by atoms with Crippen LogP contribution in [0.25, 0.3) is 6.08 Å². The quantitative estimate of drug-likeness (QED) is 0.767. The van der Waals surface area contributed by atoms with E-state index in [4.69, 9.17) is 9.47 Å². The number of amides is 2. The van der Waals surface area contributed by atoms with Crippen molar-refractivity contribution in [1.82, 2.24) is 0 Å². The van der Waals surface area contributed by atoms with E-state index >= 15 is 0 Å². The van der Waals surface area contributed by atoms with E-state index in [1.165, 1.54) is 7.11 Å². The number of carbonyl (C=O) groups is 2. The maximum atomic E-state index is 12.8. The Labute approximate surface area is 150 Å². The Morgan fingerprint density at radius 2 is 1.84 bits per heavy atom. The molecule has 3 rings (SSSR count). The molecule has 0 spiro atoms. The first-order chi connectivity index (χ1) is 12.0. The Morgan fingerprint density at radius 3 is 2.52 bits per heavy atom. The molecule has 0 bridgehead atoms. The summed E-state index contributed by atoms with van der Waals surface area (Å²) in [7, 11) is 3.03. The van der Waals surface area contributed by atoms with Crippen LogP contribution in [0.2, 0.25) is 0 Å². The number of ether oxygens (including phenoxy) is 2. The van der Waals surface area contributed by atoms with E-state index in [0.29, 0.717) is 22.1 Å². The summed E-state index contributed by atoms with van der Waals surface area (Å²) in [5.74, 6) is 0.626. The number of hydrogen-bond donors (Lipinski definition) is 0. The third-order valence-corrected chi connectivity index (χ3v) is 4.63. The van der Waals surface area contributed by atoms with Crippen LogP contribution in [0, 0.1) is 6.92 Å². The monoisotopic (exact) mass is 355 g/mol. The lowest BCUT2D eigenvalue weighted by Crippen LogP contribution is -2.28. The second-order valence-corrected chi connectivity index (χ2v) is 6.46. The summed E-state index contributed by atoms with van der Waals surface area (Å²) in [5.41, 5.74) is 2.37. The van der Waals surface area contributed by atoms with Crippen LogP contribution < -0.4 is 14.4 Å². The van der Waals surface area contributed by atoms with Gasteiger partial charge in [0.25, 0.3) is 11.1 Å². The Hall–Kier alpha value is -2.73. The largest absolute Gasteiger partial charge is 0.497 e. The lowest BCUT2D eigenvalue weighted by atomic mass is 10.1. The molecule has 1 fully saturated rings. The Balaban J connectivity index is 1.97. The molecule has 0 aromatic heterocycles. The number of hydrogen-bond acceptors (Lipinski definition) is 5. The summed E-state index contributed by atoms with van der Waals surface area (Å²) in [6.07, 6.45) is 1.73. The molecule has 1 aliphatic rings. The minimum Gasteiger partial charge on any atom is -0.497 e. The summed E-state index contributed by atoms with van der Waals surface area (Å²) in [6, 6.07) is 12.7. The molecule has 6 heteroatoms. The van der Waals surface area contributed by atoms with Gasteiger partial charge in [0.2, 0.25) is 0 Å². The van der Waals surface area contributed by atoms with E-state index in [0.717, 1.165) is 27.8 Å². The summed E-state index contributed by atoms with van der Waals surface area (Å²) in [5, 5.41) is -0.354. The standard InChI is InChI=1S/C19H17NO4S/c1-12-5-4-6-13(9-12)10-17-18(21)20(19(22)25-17)15-8-7-14(23-2)11-16(15)24-3/h4-11H,1-3H3/b17-10-. The number of benzene rings is 2. The molecule has 0 atom stereocenters. The molecular weight excluding hydrogens is 338 g/mol. The average Bonchev–Trinajstić information content (AvgIpc) is 2.88. The van der Waals surface area contributed by atoms with Gasteiger partial charge in [-0.25, -0.2) is 4.90 Å². The van der Waals surface area contributed by atoms with E-state index < -0.39 is 0 Å². The molecule has 5 nitrogen and oxygen atoms in total. The Bertz CT molecular complexity index is 875. The number of aryl methyl sites for hydroxylation is 1. The first kappa shape index (κ1) is 17.1. The van der Waals surface area contributed by atoms with Gasteiger partial charge >= 0.3 is 0 Å². The number of anilines is 1. The number of rotatable bonds is 4. The first-order valence-corrected chi connectivity index (χ1v) is 8.42. The minimum absolute atomic E-state index is 0.354. The smallest absolute Gasteiger partial charge is 0.298 e. The average molecular weight is 355 g/mol. The maximum Gasteiger partial charge on any atom is 0.298 e. The zero-order valence-electron chi connectivity index (χ0n) is 14.1. The molecule has 1 aliphatic heterocycles. The highest BCUT2D eigenvalue weighted by Crippen LogP contribution is 2.40. The van der Waals surface area contributed by atoms with E-state index in [2.05, 4.69) is 0 Å². The Kier molecular flexibility index (Phi) is 4.81. The zero-order chi connectivity index (χ0) is 18.0. The molecule has 2 amide bonds. The van der Waals surface area contributed by atoms with Crippen LogP contribution in [0.5, 0.6) is 11.5 Å². The van der Waals surface area contributed by atoms with Crippen LogP contribution >= 0.6 is 11.8 Å². The van der Waals surface area contributed by atoms with E-state index in [-0.39, 0.29) is 11.1 Å². The molecular formula is C19H17NO4S. The van der Waals surface area contributed by atoms with Crippen LogP contribution in [-0.4, -0.2) is 25.4 Å². The summed E-state index contributed by atoms with van der Waals surface area (Å²) in [6.45, 7) is 1.98. The lowest BCUT2D eigenvalue weighted by Gasteiger charge is -2.16. The number of methoxy groups -OCH3 is 2. The predicted molar refractivity (Wildman–Crippen MR) is 99.2 cm³/mol. The van der Waals surface area contributed by atoms with Gasteiger partial charge in [-0.3, -0.25) is 9.59 Å². The molecule has 0 N–H and O–H groups in total. The van der Waals surface area contributed by atoms with Crippen LogP contribution in [0.15, 0.2) is 47.4 Å². The normalized spacial score (nSPS) is 15.8. The third kappa shape index (κ3) is 3.39. The number of nitrogens with zero attached hydrogens (tertiary/aromatic N) is 1. The van der Waals surface area contributed by atoms with Gasteiger partial charge in [-0.1, -0.05) is 29.8 Å². The molecule has 0 unspecified atom stereocenters. The van der Waals surface area contributed by atoms with Crippen molar-refractivity contribution in [2.75, 3.05) is 19.1 Å². The highest BCUT2D eigenvalue weighted by atomic mass is 32.2. The molecule has 0 aliphatic carbocycles. The summed E-state index contributed by atoms with van der Waals surface area (Å²) in [4.78, 5) is 26.7. The van der Waals surface area contributed by atoms with Gasteiger partial charge in [0.05, 0.1) is 24.8 Å². The summed E-state index contributed by atoms with van der Waals surface area (Å²) < 4.78 is 10.5. The fourth-order valence-electron chi connectivity index (χ4n) is 2.56. The van der Waals surface area contributed by atoms with Crippen LogP contribution in [0.1, 0.15) is 11.1 Å². The van der Waals surface area contributed by atoms with Crippen LogP contribution in [0.3, 0.4) is 0 Å². The highest BCUT2D eigenvalue weighted by Gasteiger charge is 2.37. The van der Waals surface area contributed by atoms with Gasteiger partial charge in [-0.15, -0.1) is 0 Å². The summed E-state index contributed by atoms with van der Waals surface area (Å²) >= 11 is 0.918. The molecule has 1 heterocycles. The van der Waals surface area contributed by atoms with Crippen molar-refractivity contribution in [1.29, 1.82) is 0 Å². The lowest BCUT2D eigenvalue weighted by molar-refractivity contribution is -0.113. The molecule has 2 aromatic rings. The van der Waals surface area contributed by atoms with Gasteiger partial charge in [0.1, 0.15) is 11.5 Å². The van der Waals surface area contributed by atoms with E-state index in [9.17, 15) is 9.59 Å². The van der Waals surface area contributed by atoms with Crippen molar-refractivity contribution in [2.45, 2.75) is 6.92 Å². The van der Waals surface area contributed by atoms with Crippen LogP contribution in [0.4, 0.5) is 10.5 Å².